The van der Waals surface area contributed by atoms with Crippen molar-refractivity contribution in [2.45, 2.75) is 238 Å². The standard InChI is InChI=1S/C78H124NO8P/c1-6-8-10-12-14-16-18-20-22-24-26-28-30-32-33-34-35-36-37-38-39-40-41-42-43-44-45-47-49-51-53-55-57-59-61-63-65-67-69-71-78(81)87-76(75-86-88(82,83)85-73-72-79(3,4)5)74-84-77(80)70-68-66-64-62-60-58-56-54-52-50-48-46-31-29-27-25-23-21-19-17-15-13-11-9-7-2/h8-11,14-17,20-23,26-29,32-33,35-36,38-39,41-42,44-46,48,52,54,58,60,76H,6-7,12-13,18-19,24-25,30-31,34,37,40,43,47,49-51,53,55-57,59,61-75H2,1-5H3/p+1/b10-8-,11-9-,16-14-,17-15-,22-20-,23-21-,28-26-,29-27-,33-32-,36-35-,39-38-,42-41-,45-44-,48-46-,54-52-,60-58-. The number of hydrogen-bond donors (Lipinski definition) is 1. The van der Waals surface area contributed by atoms with Gasteiger partial charge in [-0.1, -0.05) is 272 Å². The van der Waals surface area contributed by atoms with Gasteiger partial charge in [0, 0.05) is 12.8 Å². The fraction of sp³-hybridized carbons (Fsp3) is 0.564. The normalized spacial score (nSPS) is 14.4. The minimum absolute atomic E-state index is 0.0147. The number of likely N-dealkylation sites (N-methyl/N-ethyl adjacent to an activating group) is 1. The van der Waals surface area contributed by atoms with Crippen LogP contribution >= 0.6 is 7.82 Å². The molecule has 0 aliphatic carbocycles. The molecule has 0 saturated carbocycles. The van der Waals surface area contributed by atoms with Gasteiger partial charge in [0.2, 0.25) is 0 Å². The van der Waals surface area contributed by atoms with Gasteiger partial charge in [0.25, 0.3) is 0 Å². The number of carbonyl (C=O) groups excluding carboxylic acids is 2. The van der Waals surface area contributed by atoms with Crippen molar-refractivity contribution in [1.29, 1.82) is 0 Å². The quantitative estimate of drug-likeness (QED) is 0.0211. The lowest BCUT2D eigenvalue weighted by atomic mass is 10.0. The molecule has 0 rings (SSSR count). The van der Waals surface area contributed by atoms with Gasteiger partial charge in [0.1, 0.15) is 19.8 Å². The van der Waals surface area contributed by atoms with E-state index in [1.807, 2.05) is 21.1 Å². The van der Waals surface area contributed by atoms with Crippen molar-refractivity contribution in [3.63, 3.8) is 0 Å². The number of quaternary nitrogens is 1. The van der Waals surface area contributed by atoms with Crippen molar-refractivity contribution in [1.82, 2.24) is 0 Å². The molecule has 0 bridgehead atoms. The van der Waals surface area contributed by atoms with Crippen LogP contribution in [0.25, 0.3) is 0 Å². The van der Waals surface area contributed by atoms with Crippen molar-refractivity contribution >= 4 is 19.8 Å². The van der Waals surface area contributed by atoms with E-state index in [0.29, 0.717) is 23.9 Å². The van der Waals surface area contributed by atoms with Crippen LogP contribution in [0.4, 0.5) is 0 Å². The maximum atomic E-state index is 12.9. The molecule has 0 fully saturated rings. The third-order valence-electron chi connectivity index (χ3n) is 13.6. The summed E-state index contributed by atoms with van der Waals surface area (Å²) in [4.78, 5) is 35.8. The van der Waals surface area contributed by atoms with Crippen LogP contribution in [0.15, 0.2) is 194 Å². The van der Waals surface area contributed by atoms with Gasteiger partial charge in [-0.15, -0.1) is 0 Å². The van der Waals surface area contributed by atoms with E-state index in [9.17, 15) is 19.0 Å². The zero-order chi connectivity index (χ0) is 64.1. The Kier molecular flexibility index (Phi) is 62.4. The van der Waals surface area contributed by atoms with E-state index in [4.69, 9.17) is 18.5 Å². The van der Waals surface area contributed by atoms with Gasteiger partial charge in [0.15, 0.2) is 6.10 Å². The van der Waals surface area contributed by atoms with Crippen molar-refractivity contribution in [2.24, 2.45) is 0 Å². The summed E-state index contributed by atoms with van der Waals surface area (Å²) in [6, 6.07) is 0. The molecule has 0 radical (unpaired) electrons. The lowest BCUT2D eigenvalue weighted by Gasteiger charge is -2.24. The van der Waals surface area contributed by atoms with Crippen molar-refractivity contribution in [3.05, 3.63) is 194 Å². The summed E-state index contributed by atoms with van der Waals surface area (Å²) >= 11 is 0. The van der Waals surface area contributed by atoms with Crippen LogP contribution < -0.4 is 0 Å². The molecular weight excluding hydrogens is 1110 g/mol. The Balaban J connectivity index is 4.18. The highest BCUT2D eigenvalue weighted by atomic mass is 31.2. The number of unbranched alkanes of at least 4 members (excludes halogenated alkanes) is 14. The van der Waals surface area contributed by atoms with E-state index >= 15 is 0 Å². The van der Waals surface area contributed by atoms with Crippen LogP contribution in [0.5, 0.6) is 0 Å². The SMILES string of the molecule is CC/C=C\C/C=C\C/C=C\C/C=C\C/C=C\C/C=C\C/C=C\C/C=C\C/C=C\CCCCCCCCCCCCCC(=O)OC(COC(=O)CCCCC/C=C\C/C=C\C/C=C\C/C=C\C/C=C\C/C=C\C/C=C\CC)COP(=O)(O)OCC[N+](C)(C)C. The van der Waals surface area contributed by atoms with Crippen LogP contribution in [0.2, 0.25) is 0 Å². The fourth-order valence-electron chi connectivity index (χ4n) is 8.46. The predicted molar refractivity (Wildman–Crippen MR) is 380 cm³/mol. The molecular formula is C78H125NO8P+. The fourth-order valence-corrected chi connectivity index (χ4v) is 9.20. The van der Waals surface area contributed by atoms with E-state index in [1.165, 1.54) is 44.9 Å². The average Bonchev–Trinajstić information content (AvgIpc) is 3.68. The summed E-state index contributed by atoms with van der Waals surface area (Å²) in [5, 5.41) is 0. The number of rotatable bonds is 60. The van der Waals surface area contributed by atoms with E-state index < -0.39 is 32.5 Å². The molecule has 9 nitrogen and oxygen atoms in total. The topological polar surface area (TPSA) is 108 Å². The second-order valence-corrected chi connectivity index (χ2v) is 24.5. The number of phosphoric acid groups is 1. The summed E-state index contributed by atoms with van der Waals surface area (Å²) in [6.07, 6.45) is 104. The third kappa shape index (κ3) is 69.9. The summed E-state index contributed by atoms with van der Waals surface area (Å²) in [5.41, 5.74) is 0. The van der Waals surface area contributed by atoms with Gasteiger partial charge in [0.05, 0.1) is 27.7 Å². The summed E-state index contributed by atoms with van der Waals surface area (Å²) < 4.78 is 34.6. The van der Waals surface area contributed by atoms with E-state index in [0.717, 1.165) is 148 Å². The summed E-state index contributed by atoms with van der Waals surface area (Å²) in [6.45, 7) is 4.14. The monoisotopic (exact) mass is 1230 g/mol. The maximum Gasteiger partial charge on any atom is 0.472 e. The van der Waals surface area contributed by atoms with E-state index in [1.54, 1.807) is 0 Å². The van der Waals surface area contributed by atoms with E-state index in [-0.39, 0.29) is 26.1 Å². The molecule has 0 aliphatic heterocycles. The maximum absolute atomic E-state index is 12.9. The van der Waals surface area contributed by atoms with Crippen molar-refractivity contribution in [2.75, 3.05) is 47.5 Å². The zero-order valence-corrected chi connectivity index (χ0v) is 57.0. The largest absolute Gasteiger partial charge is 0.472 e. The molecule has 0 amide bonds. The summed E-state index contributed by atoms with van der Waals surface area (Å²) in [7, 11) is 1.43. The Hall–Kier alpha value is -5.15. The molecule has 494 valence electrons. The van der Waals surface area contributed by atoms with Crippen molar-refractivity contribution < 1.29 is 42.1 Å². The van der Waals surface area contributed by atoms with Gasteiger partial charge in [-0.25, -0.2) is 4.57 Å². The highest BCUT2D eigenvalue weighted by Gasteiger charge is 2.27. The van der Waals surface area contributed by atoms with Crippen LogP contribution in [0.3, 0.4) is 0 Å². The molecule has 2 atom stereocenters. The van der Waals surface area contributed by atoms with Crippen LogP contribution in [0.1, 0.15) is 232 Å². The molecule has 0 spiro atoms. The minimum Gasteiger partial charge on any atom is -0.462 e. The number of allylic oxidation sites excluding steroid dienone is 32. The Bertz CT molecular complexity index is 2190. The van der Waals surface area contributed by atoms with Gasteiger partial charge in [-0.3, -0.25) is 18.6 Å². The highest BCUT2D eigenvalue weighted by Crippen LogP contribution is 2.43. The van der Waals surface area contributed by atoms with Gasteiger partial charge < -0.3 is 18.9 Å². The first-order valence-corrected chi connectivity index (χ1v) is 35.7. The number of ether oxygens (including phenoxy) is 2. The molecule has 0 aromatic carbocycles. The molecule has 0 aliphatic rings. The second-order valence-electron chi connectivity index (χ2n) is 23.1. The average molecular weight is 1240 g/mol. The first-order valence-electron chi connectivity index (χ1n) is 34.2. The Morgan fingerprint density at radius 3 is 0.920 bits per heavy atom. The summed E-state index contributed by atoms with van der Waals surface area (Å²) in [5.74, 6) is -0.853. The van der Waals surface area contributed by atoms with Gasteiger partial charge in [-0.05, 0) is 141 Å². The lowest BCUT2D eigenvalue weighted by Crippen LogP contribution is -2.37. The number of nitrogens with zero attached hydrogens (tertiary/aromatic N) is 1. The number of carbonyl (C=O) groups is 2. The minimum atomic E-state index is -4.41. The zero-order valence-electron chi connectivity index (χ0n) is 56.1. The molecule has 10 heteroatoms. The van der Waals surface area contributed by atoms with Crippen LogP contribution in [-0.4, -0.2) is 74.9 Å². The molecule has 2 unspecified atom stereocenters. The molecule has 0 saturated heterocycles. The molecule has 0 aromatic heterocycles. The van der Waals surface area contributed by atoms with Crippen LogP contribution in [-0.2, 0) is 32.7 Å². The highest BCUT2D eigenvalue weighted by molar-refractivity contribution is 7.47. The second kappa shape index (κ2) is 66.3. The molecule has 0 heterocycles. The first kappa shape index (κ1) is 82.8. The Labute approximate surface area is 539 Å². The third-order valence-corrected chi connectivity index (χ3v) is 14.6. The van der Waals surface area contributed by atoms with Crippen molar-refractivity contribution in [3.8, 4) is 0 Å². The molecule has 0 aromatic rings. The number of phosphoric ester groups is 1. The van der Waals surface area contributed by atoms with Gasteiger partial charge >= 0.3 is 19.8 Å². The first-order chi connectivity index (χ1) is 43.0. The Morgan fingerprint density at radius 1 is 0.352 bits per heavy atom. The Morgan fingerprint density at radius 2 is 0.614 bits per heavy atom. The van der Waals surface area contributed by atoms with Gasteiger partial charge in [-0.2, -0.15) is 0 Å². The predicted octanol–water partition coefficient (Wildman–Crippen LogP) is 22.5. The van der Waals surface area contributed by atoms with Crippen LogP contribution in [0, 0.1) is 0 Å². The number of esters is 2. The smallest absolute Gasteiger partial charge is 0.462 e. The van der Waals surface area contributed by atoms with E-state index in [2.05, 4.69) is 208 Å². The number of hydrogen-bond acceptors (Lipinski definition) is 7. The molecule has 1 N–H and O–H groups in total. The molecule has 88 heavy (non-hydrogen) atoms. The lowest BCUT2D eigenvalue weighted by molar-refractivity contribution is -0.870.